The minimum absolute atomic E-state index is 0.0453. The number of nitriles is 1. The van der Waals surface area contributed by atoms with Crippen LogP contribution in [0.3, 0.4) is 0 Å². The second kappa shape index (κ2) is 9.98. The van der Waals surface area contributed by atoms with Crippen molar-refractivity contribution in [3.63, 3.8) is 0 Å². The van der Waals surface area contributed by atoms with Crippen LogP contribution >= 0.6 is 0 Å². The number of nitrogens with one attached hydrogen (secondary N) is 3. The molecule has 2 aliphatic carbocycles. The van der Waals surface area contributed by atoms with Crippen molar-refractivity contribution in [2.45, 2.75) is 92.3 Å². The smallest absolute Gasteiger partial charge is 0.251 e. The fourth-order valence-electron chi connectivity index (χ4n) is 6.66. The van der Waals surface area contributed by atoms with Gasteiger partial charge in [0.2, 0.25) is 21.8 Å². The highest BCUT2D eigenvalue weighted by Gasteiger charge is 2.69. The van der Waals surface area contributed by atoms with Gasteiger partial charge in [0, 0.05) is 24.2 Å². The molecule has 2 amide bonds. The highest BCUT2D eigenvalue weighted by Crippen LogP contribution is 2.65. The molecule has 1 saturated heterocycles. The lowest BCUT2D eigenvalue weighted by atomic mass is 9.75. The van der Waals surface area contributed by atoms with E-state index in [1.54, 1.807) is 20.8 Å². The SMILES string of the molecule is CC1(C)CCc2[nH]c(=O)c(CC(C#N)NC(=O)[C@@H]3[C@H]4[C@H](CN3C(=O)[C@@H](NS(C)(=O)=O)C(C)(C)C)C4(C)C)cc2C1. The molecule has 0 bridgehead atoms. The number of nitrogens with zero attached hydrogens (tertiary/aromatic N) is 2. The molecule has 40 heavy (non-hydrogen) atoms. The number of piperidine rings is 1. The Kier molecular flexibility index (Phi) is 7.55. The molecule has 5 atom stereocenters. The molecule has 1 aromatic rings. The first kappa shape index (κ1) is 30.3. The van der Waals surface area contributed by atoms with Crippen molar-refractivity contribution in [3.8, 4) is 6.07 Å². The summed E-state index contributed by atoms with van der Waals surface area (Å²) in [4.78, 5) is 44.8. The van der Waals surface area contributed by atoms with Gasteiger partial charge in [0.15, 0.2) is 0 Å². The molecule has 4 rings (SSSR count). The number of H-pyrrole nitrogens is 1. The maximum atomic E-state index is 13.8. The number of likely N-dealkylation sites (tertiary alicyclic amines) is 1. The molecule has 3 aliphatic rings. The summed E-state index contributed by atoms with van der Waals surface area (Å²) in [6, 6.07) is 1.13. The number of aromatic nitrogens is 1. The van der Waals surface area contributed by atoms with E-state index in [0.29, 0.717) is 12.1 Å². The number of hydrogen-bond acceptors (Lipinski definition) is 6. The number of aromatic amines is 1. The van der Waals surface area contributed by atoms with Gasteiger partial charge < -0.3 is 15.2 Å². The van der Waals surface area contributed by atoms with E-state index in [2.05, 4.69) is 48.8 Å². The number of amides is 2. The van der Waals surface area contributed by atoms with Crippen LogP contribution in [-0.2, 0) is 38.9 Å². The van der Waals surface area contributed by atoms with E-state index in [9.17, 15) is 28.1 Å². The van der Waals surface area contributed by atoms with Gasteiger partial charge in [-0.1, -0.05) is 48.5 Å². The number of carbonyl (C=O) groups excluding carboxylic acids is 2. The van der Waals surface area contributed by atoms with Crippen molar-refractivity contribution < 1.29 is 18.0 Å². The van der Waals surface area contributed by atoms with Gasteiger partial charge >= 0.3 is 0 Å². The normalized spacial score (nSPS) is 26.2. The van der Waals surface area contributed by atoms with E-state index in [1.165, 1.54) is 4.90 Å². The maximum absolute atomic E-state index is 13.8. The van der Waals surface area contributed by atoms with Crippen LogP contribution in [-0.4, -0.2) is 61.0 Å². The minimum Gasteiger partial charge on any atom is -0.338 e. The Labute approximate surface area is 237 Å². The van der Waals surface area contributed by atoms with E-state index in [4.69, 9.17) is 0 Å². The summed E-state index contributed by atoms with van der Waals surface area (Å²) in [5, 5.41) is 12.7. The zero-order valence-corrected chi connectivity index (χ0v) is 25.7. The molecule has 0 aromatic carbocycles. The van der Waals surface area contributed by atoms with Gasteiger partial charge in [-0.05, 0) is 59.0 Å². The van der Waals surface area contributed by atoms with E-state index in [-0.39, 0.29) is 34.6 Å². The Morgan fingerprint density at radius 2 is 1.90 bits per heavy atom. The summed E-state index contributed by atoms with van der Waals surface area (Å²) in [5.41, 5.74) is 1.41. The van der Waals surface area contributed by atoms with Gasteiger partial charge in [0.1, 0.15) is 18.1 Å². The average molecular weight is 574 g/mol. The summed E-state index contributed by atoms with van der Waals surface area (Å²) >= 11 is 0. The van der Waals surface area contributed by atoms with Crippen molar-refractivity contribution in [1.29, 1.82) is 5.26 Å². The molecule has 1 saturated carbocycles. The summed E-state index contributed by atoms with van der Waals surface area (Å²) in [5.74, 6) is -0.925. The Balaban J connectivity index is 1.56. The van der Waals surface area contributed by atoms with Crippen LogP contribution in [0.1, 0.15) is 71.7 Å². The molecule has 220 valence electrons. The van der Waals surface area contributed by atoms with Crippen molar-refractivity contribution in [2.75, 3.05) is 12.8 Å². The van der Waals surface area contributed by atoms with Crippen LogP contribution < -0.4 is 15.6 Å². The molecule has 1 aliphatic heterocycles. The molecule has 2 fully saturated rings. The first-order chi connectivity index (χ1) is 18.2. The predicted molar refractivity (Wildman–Crippen MR) is 152 cm³/mol. The molecule has 2 heterocycles. The van der Waals surface area contributed by atoms with Crippen LogP contribution in [0.5, 0.6) is 0 Å². The topological polar surface area (TPSA) is 152 Å². The summed E-state index contributed by atoms with van der Waals surface area (Å²) in [7, 11) is -3.69. The van der Waals surface area contributed by atoms with Crippen LogP contribution in [0.15, 0.2) is 10.9 Å². The fourth-order valence-corrected chi connectivity index (χ4v) is 7.54. The third-order valence-corrected chi connectivity index (χ3v) is 9.78. The summed E-state index contributed by atoms with van der Waals surface area (Å²) in [6.45, 7) is 14.1. The fraction of sp³-hybridized carbons (Fsp3) is 0.724. The highest BCUT2D eigenvalue weighted by molar-refractivity contribution is 7.88. The summed E-state index contributed by atoms with van der Waals surface area (Å²) < 4.78 is 26.6. The second-order valence-electron chi connectivity index (χ2n) is 14.4. The monoisotopic (exact) mass is 573 g/mol. The second-order valence-corrected chi connectivity index (χ2v) is 16.2. The lowest BCUT2D eigenvalue weighted by molar-refractivity contribution is -0.143. The number of hydrogen-bond donors (Lipinski definition) is 3. The molecule has 1 unspecified atom stereocenters. The van der Waals surface area contributed by atoms with E-state index < -0.39 is 45.4 Å². The summed E-state index contributed by atoms with van der Waals surface area (Å²) in [6.07, 6.45) is 3.66. The van der Waals surface area contributed by atoms with E-state index >= 15 is 0 Å². The molecular formula is C29H43N5O5S. The Morgan fingerprint density at radius 1 is 1.25 bits per heavy atom. The molecule has 1 aromatic heterocycles. The molecule has 0 radical (unpaired) electrons. The molecular weight excluding hydrogens is 530 g/mol. The van der Waals surface area contributed by atoms with Gasteiger partial charge in [-0.25, -0.2) is 13.1 Å². The van der Waals surface area contributed by atoms with Crippen molar-refractivity contribution in [1.82, 2.24) is 19.9 Å². The molecule has 10 nitrogen and oxygen atoms in total. The maximum Gasteiger partial charge on any atom is 0.251 e. The number of carbonyl (C=O) groups is 2. The van der Waals surface area contributed by atoms with Crippen molar-refractivity contribution in [3.05, 3.63) is 33.2 Å². The first-order valence-corrected chi connectivity index (χ1v) is 15.9. The van der Waals surface area contributed by atoms with Gasteiger partial charge in [-0.2, -0.15) is 5.26 Å². The third kappa shape index (κ3) is 5.98. The zero-order valence-electron chi connectivity index (χ0n) is 24.8. The molecule has 3 N–H and O–H groups in total. The number of rotatable bonds is 7. The van der Waals surface area contributed by atoms with Gasteiger partial charge in [-0.15, -0.1) is 0 Å². The number of fused-ring (bicyclic) bond motifs is 2. The van der Waals surface area contributed by atoms with Crippen molar-refractivity contribution in [2.24, 2.45) is 28.1 Å². The zero-order chi connectivity index (χ0) is 30.0. The van der Waals surface area contributed by atoms with E-state index in [1.807, 2.05) is 6.07 Å². The van der Waals surface area contributed by atoms with Gasteiger partial charge in [0.25, 0.3) is 5.56 Å². The quantitative estimate of drug-likeness (QED) is 0.453. The average Bonchev–Trinajstić information content (AvgIpc) is 3.14. The number of aryl methyl sites for hydroxylation is 1. The van der Waals surface area contributed by atoms with Gasteiger partial charge in [0.05, 0.1) is 12.3 Å². The van der Waals surface area contributed by atoms with Crippen LogP contribution in [0, 0.1) is 39.4 Å². The third-order valence-electron chi connectivity index (χ3n) is 9.11. The van der Waals surface area contributed by atoms with Crippen LogP contribution in [0.2, 0.25) is 0 Å². The standard InChI is InChI=1S/C29H43N5O5S/c1-27(2,3)23(33-40(8,38)39)26(37)34-15-19-21(29(19,6)7)22(34)25(36)31-18(14-30)12-16-11-17-13-28(4,5)10-9-20(17)32-24(16)35/h11,18-19,21-23,33H,9-10,12-13,15H2,1-8H3,(H,31,36)(H,32,35)/t18?,19-,21+,22-,23+/m0/s1. The Morgan fingerprint density at radius 3 is 2.48 bits per heavy atom. The largest absolute Gasteiger partial charge is 0.338 e. The van der Waals surface area contributed by atoms with Gasteiger partial charge in [-0.3, -0.25) is 14.4 Å². The Hall–Kier alpha value is -2.71. The van der Waals surface area contributed by atoms with Crippen LogP contribution in [0.25, 0.3) is 0 Å². The first-order valence-electron chi connectivity index (χ1n) is 14.0. The number of sulfonamides is 1. The van der Waals surface area contributed by atoms with E-state index in [0.717, 1.165) is 36.8 Å². The highest BCUT2D eigenvalue weighted by atomic mass is 32.2. The number of pyridine rings is 1. The van der Waals surface area contributed by atoms with Crippen LogP contribution in [0.4, 0.5) is 0 Å². The predicted octanol–water partition coefficient (Wildman–Crippen LogP) is 1.89. The van der Waals surface area contributed by atoms with Crippen molar-refractivity contribution >= 4 is 21.8 Å². The molecule has 0 spiro atoms. The minimum atomic E-state index is -3.69. The Bertz CT molecular complexity index is 1420. The lowest BCUT2D eigenvalue weighted by Crippen LogP contribution is -2.59. The lowest BCUT2D eigenvalue weighted by Gasteiger charge is -2.37. The molecule has 11 heteroatoms.